The number of aromatic nitrogens is 3. The third-order valence-corrected chi connectivity index (χ3v) is 4.88. The van der Waals surface area contributed by atoms with Crippen molar-refractivity contribution in [3.63, 3.8) is 0 Å². The van der Waals surface area contributed by atoms with E-state index in [-0.39, 0.29) is 5.91 Å². The fourth-order valence-corrected chi connectivity index (χ4v) is 3.47. The van der Waals surface area contributed by atoms with E-state index in [4.69, 9.17) is 0 Å². The number of carbonyl (C=O) groups excluding carboxylic acids is 1. The summed E-state index contributed by atoms with van der Waals surface area (Å²) in [4.78, 5) is 18.4. The van der Waals surface area contributed by atoms with Gasteiger partial charge in [0, 0.05) is 48.7 Å². The normalized spacial score (nSPS) is 14.4. The van der Waals surface area contributed by atoms with Crippen LogP contribution in [0.3, 0.4) is 0 Å². The second-order valence-electron chi connectivity index (χ2n) is 6.84. The Balaban J connectivity index is 1.65. The van der Waals surface area contributed by atoms with Gasteiger partial charge in [-0.25, -0.2) is 0 Å². The summed E-state index contributed by atoms with van der Waals surface area (Å²) in [5.41, 5.74) is 5.29. The molecule has 0 atom stereocenters. The van der Waals surface area contributed by atoms with Gasteiger partial charge in [-0.05, 0) is 18.1 Å². The molecule has 0 bridgehead atoms. The highest BCUT2D eigenvalue weighted by Crippen LogP contribution is 2.28. The Hall–Kier alpha value is -2.56. The van der Waals surface area contributed by atoms with Crippen LogP contribution in [0, 0.1) is 0 Å². The molecule has 5 heteroatoms. The zero-order valence-electron chi connectivity index (χ0n) is 14.3. The number of amides is 1. The molecule has 0 unspecified atom stereocenters. The molecule has 0 radical (unpaired) electrons. The topological polar surface area (TPSA) is 53.9 Å². The van der Waals surface area contributed by atoms with Gasteiger partial charge in [-0.2, -0.15) is 5.10 Å². The first kappa shape index (κ1) is 15.0. The van der Waals surface area contributed by atoms with Crippen molar-refractivity contribution in [3.8, 4) is 0 Å². The summed E-state index contributed by atoms with van der Waals surface area (Å²) < 4.78 is 1.71. The van der Waals surface area contributed by atoms with E-state index in [9.17, 15) is 4.79 Å². The average Bonchev–Trinajstić information content (AvgIpc) is 3.14. The Kier molecular flexibility index (Phi) is 3.44. The first-order chi connectivity index (χ1) is 11.5. The number of benzene rings is 1. The summed E-state index contributed by atoms with van der Waals surface area (Å²) in [5.74, 6) is 0.382. The van der Waals surface area contributed by atoms with Crippen molar-refractivity contribution < 1.29 is 4.79 Å². The van der Waals surface area contributed by atoms with Crippen LogP contribution in [0.25, 0.3) is 10.9 Å². The Labute approximate surface area is 141 Å². The van der Waals surface area contributed by atoms with E-state index in [1.807, 2.05) is 30.1 Å². The Morgan fingerprint density at radius 3 is 2.83 bits per heavy atom. The molecule has 1 N–H and O–H groups in total. The second-order valence-corrected chi connectivity index (χ2v) is 6.84. The van der Waals surface area contributed by atoms with Crippen LogP contribution < -0.4 is 0 Å². The van der Waals surface area contributed by atoms with Crippen LogP contribution in [-0.4, -0.2) is 32.1 Å². The number of carbonyl (C=O) groups is 1. The van der Waals surface area contributed by atoms with E-state index in [2.05, 4.69) is 36.1 Å². The lowest BCUT2D eigenvalue weighted by Crippen LogP contribution is -2.36. The highest BCUT2D eigenvalue weighted by Gasteiger charge is 2.26. The third-order valence-electron chi connectivity index (χ3n) is 4.88. The molecule has 3 heterocycles. The number of fused-ring (bicyclic) bond motifs is 3. The molecule has 5 nitrogen and oxygen atoms in total. The first-order valence-electron chi connectivity index (χ1n) is 8.46. The van der Waals surface area contributed by atoms with E-state index in [0.717, 1.165) is 24.2 Å². The molecular formula is C19H22N4O. The van der Waals surface area contributed by atoms with Gasteiger partial charge in [-0.3, -0.25) is 9.48 Å². The largest absolute Gasteiger partial charge is 0.358 e. The van der Waals surface area contributed by atoms with Crippen LogP contribution in [0.15, 0.2) is 30.3 Å². The van der Waals surface area contributed by atoms with Crippen molar-refractivity contribution in [2.75, 3.05) is 6.54 Å². The highest BCUT2D eigenvalue weighted by molar-refractivity contribution is 5.93. The number of aryl methyl sites for hydroxylation is 1. The standard InChI is InChI=1S/C19H22N4O/c1-12(2)17-10-18(22(3)21-17)19(24)23-9-8-16-14(11-23)13-6-4-5-7-15(13)20-16/h4-7,10,12,20H,8-9,11H2,1-3H3. The number of para-hydroxylation sites is 1. The number of rotatable bonds is 2. The number of hydrogen-bond acceptors (Lipinski definition) is 2. The Bertz CT molecular complexity index is 919. The fourth-order valence-electron chi connectivity index (χ4n) is 3.47. The summed E-state index contributed by atoms with van der Waals surface area (Å²) in [5, 5.41) is 5.69. The molecule has 1 aromatic carbocycles. The minimum absolute atomic E-state index is 0.0628. The van der Waals surface area contributed by atoms with E-state index in [1.165, 1.54) is 16.6 Å². The predicted molar refractivity (Wildman–Crippen MR) is 94.0 cm³/mol. The Morgan fingerprint density at radius 1 is 1.29 bits per heavy atom. The maximum absolute atomic E-state index is 13.0. The molecule has 0 saturated carbocycles. The lowest BCUT2D eigenvalue weighted by Gasteiger charge is -2.27. The summed E-state index contributed by atoms with van der Waals surface area (Å²) >= 11 is 0. The van der Waals surface area contributed by atoms with Gasteiger partial charge in [0.2, 0.25) is 0 Å². The average molecular weight is 322 g/mol. The summed E-state index contributed by atoms with van der Waals surface area (Å²) in [6, 6.07) is 10.2. The zero-order chi connectivity index (χ0) is 16.8. The van der Waals surface area contributed by atoms with Crippen LogP contribution in [0.1, 0.15) is 47.2 Å². The van der Waals surface area contributed by atoms with Crippen LogP contribution in [0.2, 0.25) is 0 Å². The quantitative estimate of drug-likeness (QED) is 0.787. The maximum atomic E-state index is 13.0. The maximum Gasteiger partial charge on any atom is 0.272 e. The predicted octanol–water partition coefficient (Wildman–Crippen LogP) is 3.22. The van der Waals surface area contributed by atoms with Gasteiger partial charge < -0.3 is 9.88 Å². The third kappa shape index (κ3) is 2.31. The van der Waals surface area contributed by atoms with Crippen molar-refractivity contribution in [2.24, 2.45) is 7.05 Å². The van der Waals surface area contributed by atoms with Crippen molar-refractivity contribution in [2.45, 2.75) is 32.7 Å². The van der Waals surface area contributed by atoms with Gasteiger partial charge in [-0.1, -0.05) is 32.0 Å². The zero-order valence-corrected chi connectivity index (χ0v) is 14.3. The van der Waals surface area contributed by atoms with E-state index < -0.39 is 0 Å². The van der Waals surface area contributed by atoms with E-state index in [1.54, 1.807) is 4.68 Å². The molecule has 0 aliphatic carbocycles. The second kappa shape index (κ2) is 5.51. The van der Waals surface area contributed by atoms with Gasteiger partial charge >= 0.3 is 0 Å². The number of aromatic amines is 1. The van der Waals surface area contributed by atoms with Gasteiger partial charge in [0.25, 0.3) is 5.91 Å². The number of H-pyrrole nitrogens is 1. The van der Waals surface area contributed by atoms with Crippen LogP contribution in [-0.2, 0) is 20.0 Å². The van der Waals surface area contributed by atoms with Crippen molar-refractivity contribution in [1.82, 2.24) is 19.7 Å². The molecule has 4 rings (SSSR count). The molecular weight excluding hydrogens is 300 g/mol. The molecule has 2 aromatic heterocycles. The van der Waals surface area contributed by atoms with Crippen molar-refractivity contribution >= 4 is 16.8 Å². The fraction of sp³-hybridized carbons (Fsp3) is 0.368. The summed E-state index contributed by atoms with van der Waals surface area (Å²) in [7, 11) is 1.85. The molecule has 1 amide bonds. The van der Waals surface area contributed by atoms with Gasteiger partial charge in [-0.15, -0.1) is 0 Å². The SMILES string of the molecule is CC(C)c1cc(C(=O)N2CCc3[nH]c4ccccc4c3C2)n(C)n1. The lowest BCUT2D eigenvalue weighted by molar-refractivity contribution is 0.0724. The van der Waals surface area contributed by atoms with Crippen LogP contribution in [0.5, 0.6) is 0 Å². The minimum Gasteiger partial charge on any atom is -0.358 e. The molecule has 3 aromatic rings. The smallest absolute Gasteiger partial charge is 0.272 e. The molecule has 24 heavy (non-hydrogen) atoms. The van der Waals surface area contributed by atoms with Gasteiger partial charge in [0.05, 0.1) is 5.69 Å². The summed E-state index contributed by atoms with van der Waals surface area (Å²) in [6.45, 7) is 5.58. The molecule has 0 fully saturated rings. The number of nitrogens with zero attached hydrogens (tertiary/aromatic N) is 3. The molecule has 0 spiro atoms. The van der Waals surface area contributed by atoms with Crippen molar-refractivity contribution in [1.29, 1.82) is 0 Å². The first-order valence-corrected chi connectivity index (χ1v) is 8.46. The van der Waals surface area contributed by atoms with E-state index >= 15 is 0 Å². The van der Waals surface area contributed by atoms with Crippen LogP contribution >= 0.6 is 0 Å². The van der Waals surface area contributed by atoms with Crippen molar-refractivity contribution in [3.05, 3.63) is 53.0 Å². The molecule has 1 aliphatic heterocycles. The van der Waals surface area contributed by atoms with E-state index in [0.29, 0.717) is 18.2 Å². The number of hydrogen-bond donors (Lipinski definition) is 1. The monoisotopic (exact) mass is 322 g/mol. The van der Waals surface area contributed by atoms with Crippen LogP contribution in [0.4, 0.5) is 0 Å². The minimum atomic E-state index is 0.0628. The lowest BCUT2D eigenvalue weighted by atomic mass is 10.0. The molecule has 0 saturated heterocycles. The summed E-state index contributed by atoms with van der Waals surface area (Å²) in [6.07, 6.45) is 0.866. The Morgan fingerprint density at radius 2 is 2.08 bits per heavy atom. The molecule has 1 aliphatic rings. The number of nitrogens with one attached hydrogen (secondary N) is 1. The van der Waals surface area contributed by atoms with Gasteiger partial charge in [0.15, 0.2) is 0 Å². The van der Waals surface area contributed by atoms with Gasteiger partial charge in [0.1, 0.15) is 5.69 Å². The highest BCUT2D eigenvalue weighted by atomic mass is 16.2. The molecule has 124 valence electrons.